The summed E-state index contributed by atoms with van der Waals surface area (Å²) >= 11 is 0. The Morgan fingerprint density at radius 3 is 1.22 bits per heavy atom. The molecule has 4 aromatic rings. The van der Waals surface area contributed by atoms with E-state index in [1.807, 2.05) is 0 Å². The average Bonchev–Trinajstić information content (AvgIpc) is 3.38. The van der Waals surface area contributed by atoms with Crippen LogP contribution in [0.5, 0.6) is 11.5 Å². The number of fused-ring (bicyclic) bond motifs is 2. The molecule has 0 unspecified atom stereocenters. The Morgan fingerprint density at radius 1 is 0.512 bits per heavy atom. The van der Waals surface area contributed by atoms with Gasteiger partial charge in [-0.15, -0.1) is 0 Å². The molecular formula is C28H14N4O9. The first-order chi connectivity index (χ1) is 19.7. The third-order valence-corrected chi connectivity index (χ3v) is 6.60. The third-order valence-electron chi connectivity index (χ3n) is 6.60. The molecule has 0 fully saturated rings. The minimum absolute atomic E-state index is 0.0581. The zero-order valence-corrected chi connectivity index (χ0v) is 20.5. The summed E-state index contributed by atoms with van der Waals surface area (Å²) in [4.78, 5) is 74.4. The van der Waals surface area contributed by atoms with Crippen molar-refractivity contribution in [2.75, 3.05) is 9.80 Å². The van der Waals surface area contributed by atoms with Gasteiger partial charge >= 0.3 is 0 Å². The van der Waals surface area contributed by atoms with Gasteiger partial charge in [-0.3, -0.25) is 39.4 Å². The number of hydrogen-bond donors (Lipinski definition) is 0. The lowest BCUT2D eigenvalue weighted by atomic mass is 10.1. The van der Waals surface area contributed by atoms with Crippen LogP contribution in [0.1, 0.15) is 41.4 Å². The smallest absolute Gasteiger partial charge is 0.283 e. The van der Waals surface area contributed by atoms with Gasteiger partial charge in [0.2, 0.25) is 0 Å². The van der Waals surface area contributed by atoms with Crippen LogP contribution in [0.15, 0.2) is 84.9 Å². The van der Waals surface area contributed by atoms with Crippen molar-refractivity contribution in [1.82, 2.24) is 0 Å². The van der Waals surface area contributed by atoms with Crippen LogP contribution in [0.2, 0.25) is 0 Å². The summed E-state index contributed by atoms with van der Waals surface area (Å²) in [5.41, 5.74) is -1.18. The molecule has 200 valence electrons. The zero-order valence-electron chi connectivity index (χ0n) is 20.5. The summed E-state index contributed by atoms with van der Waals surface area (Å²) in [6, 6.07) is 19.5. The number of nitro benzene ring substituents is 2. The molecule has 4 amide bonds. The Bertz CT molecular complexity index is 1710. The van der Waals surface area contributed by atoms with Crippen LogP contribution in [0.4, 0.5) is 22.7 Å². The van der Waals surface area contributed by atoms with E-state index < -0.39 is 44.9 Å². The first-order valence-corrected chi connectivity index (χ1v) is 11.9. The maximum atomic E-state index is 12.9. The van der Waals surface area contributed by atoms with Crippen molar-refractivity contribution in [2.45, 2.75) is 0 Å². The van der Waals surface area contributed by atoms with Gasteiger partial charge in [0, 0.05) is 12.1 Å². The molecule has 13 nitrogen and oxygen atoms in total. The van der Waals surface area contributed by atoms with Crippen LogP contribution < -0.4 is 14.5 Å². The van der Waals surface area contributed by atoms with E-state index in [-0.39, 0.29) is 33.6 Å². The Hall–Kier alpha value is -6.24. The number of amides is 4. The van der Waals surface area contributed by atoms with Crippen molar-refractivity contribution in [3.8, 4) is 11.5 Å². The molecule has 13 heteroatoms. The second-order valence-electron chi connectivity index (χ2n) is 8.89. The normalized spacial score (nSPS) is 13.9. The molecule has 0 radical (unpaired) electrons. The lowest BCUT2D eigenvalue weighted by Crippen LogP contribution is -2.29. The molecule has 2 aliphatic heterocycles. The number of benzene rings is 4. The van der Waals surface area contributed by atoms with E-state index in [0.29, 0.717) is 11.5 Å². The molecule has 0 spiro atoms. The Balaban J connectivity index is 1.19. The van der Waals surface area contributed by atoms with Crippen LogP contribution in [-0.4, -0.2) is 33.5 Å². The predicted molar refractivity (Wildman–Crippen MR) is 141 cm³/mol. The van der Waals surface area contributed by atoms with E-state index in [4.69, 9.17) is 4.74 Å². The summed E-state index contributed by atoms with van der Waals surface area (Å²) in [7, 11) is 0. The number of nitro groups is 2. The number of imide groups is 2. The van der Waals surface area contributed by atoms with E-state index in [9.17, 15) is 39.4 Å². The first kappa shape index (κ1) is 25.1. The van der Waals surface area contributed by atoms with Crippen molar-refractivity contribution in [2.24, 2.45) is 0 Å². The largest absolute Gasteiger partial charge is 0.457 e. The highest BCUT2D eigenvalue weighted by molar-refractivity contribution is 6.36. The monoisotopic (exact) mass is 550 g/mol. The van der Waals surface area contributed by atoms with E-state index >= 15 is 0 Å². The summed E-state index contributed by atoms with van der Waals surface area (Å²) in [5.74, 6) is -2.34. The molecule has 0 N–H and O–H groups in total. The highest BCUT2D eigenvalue weighted by Crippen LogP contribution is 2.37. The molecule has 0 saturated heterocycles. The van der Waals surface area contributed by atoms with Gasteiger partial charge in [0.05, 0.1) is 32.3 Å². The first-order valence-electron chi connectivity index (χ1n) is 11.9. The molecule has 2 aliphatic rings. The molecule has 0 saturated carbocycles. The van der Waals surface area contributed by atoms with Crippen molar-refractivity contribution in [3.63, 3.8) is 0 Å². The minimum atomic E-state index is -0.806. The summed E-state index contributed by atoms with van der Waals surface area (Å²) < 4.78 is 5.79. The van der Waals surface area contributed by atoms with Crippen molar-refractivity contribution in [3.05, 3.63) is 127 Å². The molecule has 4 aromatic carbocycles. The fourth-order valence-electron chi connectivity index (χ4n) is 4.77. The van der Waals surface area contributed by atoms with Crippen LogP contribution in [0.25, 0.3) is 0 Å². The number of nitrogens with zero attached hydrogens (tertiary/aromatic N) is 4. The summed E-state index contributed by atoms with van der Waals surface area (Å²) in [5, 5.41) is 22.7. The van der Waals surface area contributed by atoms with Crippen LogP contribution in [-0.2, 0) is 0 Å². The molecule has 0 aromatic heterocycles. The average molecular weight is 550 g/mol. The van der Waals surface area contributed by atoms with E-state index in [0.717, 1.165) is 21.9 Å². The lowest BCUT2D eigenvalue weighted by Gasteiger charge is -2.15. The minimum Gasteiger partial charge on any atom is -0.457 e. The molecule has 0 bridgehead atoms. The fourth-order valence-corrected chi connectivity index (χ4v) is 4.77. The van der Waals surface area contributed by atoms with Crippen molar-refractivity contribution >= 4 is 46.4 Å². The van der Waals surface area contributed by atoms with E-state index in [1.54, 1.807) is 0 Å². The van der Waals surface area contributed by atoms with Crippen LogP contribution in [0.3, 0.4) is 0 Å². The highest BCUT2D eigenvalue weighted by atomic mass is 16.6. The standard InChI is InChI=1S/C28H14N4O9/c33-25-19-3-1-5-21(31(37)38)23(19)27(35)29(25)15-7-11-17(12-8-15)41-18-13-9-16(10-14-18)30-26(34)20-4-2-6-22(32(39)40)24(20)28(30)36/h1-14H. The SMILES string of the molecule is O=C1c2cccc([N+](=O)[O-])c2C(=O)N1c1ccc(Oc2ccc(N3C(=O)c4cccc([N+](=O)[O-])c4C3=O)cc2)cc1. The predicted octanol–water partition coefficient (Wildman–Crippen LogP) is 4.90. The fraction of sp³-hybridized carbons (Fsp3) is 0. The zero-order chi connectivity index (χ0) is 29.0. The number of ether oxygens (including phenoxy) is 1. The molecule has 2 heterocycles. The molecule has 0 atom stereocenters. The molecule has 41 heavy (non-hydrogen) atoms. The van der Waals surface area contributed by atoms with Crippen LogP contribution >= 0.6 is 0 Å². The van der Waals surface area contributed by atoms with Gasteiger partial charge in [0.15, 0.2) is 0 Å². The van der Waals surface area contributed by atoms with Crippen molar-refractivity contribution in [1.29, 1.82) is 0 Å². The number of carbonyl (C=O) groups excluding carboxylic acids is 4. The Morgan fingerprint density at radius 2 is 0.878 bits per heavy atom. The quantitative estimate of drug-likeness (QED) is 0.184. The van der Waals surface area contributed by atoms with Gasteiger partial charge in [0.25, 0.3) is 35.0 Å². The van der Waals surface area contributed by atoms with Crippen molar-refractivity contribution < 1.29 is 33.8 Å². The maximum absolute atomic E-state index is 12.9. The second kappa shape index (κ2) is 9.20. The van der Waals surface area contributed by atoms with E-state index in [2.05, 4.69) is 0 Å². The van der Waals surface area contributed by atoms with Crippen LogP contribution in [0, 0.1) is 20.2 Å². The van der Waals surface area contributed by atoms with Gasteiger partial charge in [-0.25, -0.2) is 9.80 Å². The third kappa shape index (κ3) is 3.87. The lowest BCUT2D eigenvalue weighted by molar-refractivity contribution is -0.385. The van der Waals surface area contributed by atoms with E-state index in [1.165, 1.54) is 72.8 Å². The van der Waals surface area contributed by atoms with Gasteiger partial charge in [-0.2, -0.15) is 0 Å². The topological polar surface area (TPSA) is 170 Å². The maximum Gasteiger partial charge on any atom is 0.283 e. The highest BCUT2D eigenvalue weighted by Gasteiger charge is 2.43. The number of anilines is 2. The molecule has 0 aliphatic carbocycles. The summed E-state index contributed by atoms with van der Waals surface area (Å²) in [6.45, 7) is 0. The Kier molecular flexibility index (Phi) is 5.62. The van der Waals surface area contributed by atoms with Gasteiger partial charge < -0.3 is 4.74 Å². The number of rotatable bonds is 6. The van der Waals surface area contributed by atoms with Gasteiger partial charge in [-0.05, 0) is 60.7 Å². The number of hydrogen-bond acceptors (Lipinski definition) is 9. The molecular weight excluding hydrogens is 536 g/mol. The Labute approximate surface area is 229 Å². The van der Waals surface area contributed by atoms with Gasteiger partial charge in [0.1, 0.15) is 22.6 Å². The second-order valence-corrected chi connectivity index (χ2v) is 8.89. The summed E-state index contributed by atoms with van der Waals surface area (Å²) in [6.07, 6.45) is 0. The number of carbonyl (C=O) groups is 4. The molecule has 6 rings (SSSR count). The van der Waals surface area contributed by atoms with Gasteiger partial charge in [-0.1, -0.05) is 12.1 Å².